The lowest BCUT2D eigenvalue weighted by Crippen LogP contribution is -2.50. The average molecular weight is 308 g/mol. The molecule has 1 heterocycles. The first kappa shape index (κ1) is 16.0. The van der Waals surface area contributed by atoms with Gasteiger partial charge in [-0.3, -0.25) is 9.59 Å². The number of nitrogens with one attached hydrogen (secondary N) is 2. The van der Waals surface area contributed by atoms with Crippen molar-refractivity contribution in [2.45, 2.75) is 18.9 Å². The van der Waals surface area contributed by atoms with Crippen molar-refractivity contribution in [1.82, 2.24) is 10.3 Å². The number of carboxylic acids is 1. The molecule has 1 amide bonds. The quantitative estimate of drug-likeness (QED) is 0.760. The second kappa shape index (κ2) is 6.15. The summed E-state index contributed by atoms with van der Waals surface area (Å²) >= 11 is 0. The molecular formula is C15H17FN2O4. The van der Waals surface area contributed by atoms with Crippen LogP contribution in [-0.2, 0) is 9.53 Å². The molecule has 0 radical (unpaired) electrons. The zero-order valence-electron chi connectivity index (χ0n) is 12.3. The Morgan fingerprint density at radius 1 is 1.45 bits per heavy atom. The molecule has 22 heavy (non-hydrogen) atoms. The number of fused-ring (bicyclic) bond motifs is 1. The van der Waals surface area contributed by atoms with Gasteiger partial charge in [0.1, 0.15) is 11.5 Å². The number of carbonyl (C=O) groups is 2. The Hall–Kier alpha value is -2.41. The number of aromatic amines is 1. The third-order valence-electron chi connectivity index (χ3n) is 3.28. The molecule has 0 aliphatic heterocycles. The van der Waals surface area contributed by atoms with Crippen LogP contribution in [0.3, 0.4) is 0 Å². The summed E-state index contributed by atoms with van der Waals surface area (Å²) in [6, 6.07) is 5.89. The van der Waals surface area contributed by atoms with Gasteiger partial charge in [-0.1, -0.05) is 6.07 Å². The molecule has 0 bridgehead atoms. The SMILES string of the molecule is COCC(C)(CC(=O)O)NC(=O)c1cc2c(F)cccc2[nH]1. The minimum Gasteiger partial charge on any atom is -0.481 e. The molecule has 1 aromatic heterocycles. The molecule has 0 saturated carbocycles. The summed E-state index contributed by atoms with van der Waals surface area (Å²) in [4.78, 5) is 26.0. The molecule has 6 nitrogen and oxygen atoms in total. The monoisotopic (exact) mass is 308 g/mol. The number of halogens is 1. The van der Waals surface area contributed by atoms with Gasteiger partial charge in [-0.25, -0.2) is 4.39 Å². The standard InChI is InChI=1S/C15H17FN2O4/c1-15(8-22-2,7-13(19)20)18-14(21)12-6-9-10(16)4-3-5-11(9)17-12/h3-6,17H,7-8H2,1-2H3,(H,18,21)(H,19,20). The molecule has 2 rings (SSSR count). The highest BCUT2D eigenvalue weighted by Crippen LogP contribution is 2.19. The fourth-order valence-electron chi connectivity index (χ4n) is 2.37. The van der Waals surface area contributed by atoms with Gasteiger partial charge < -0.3 is 20.1 Å². The van der Waals surface area contributed by atoms with Crippen molar-refractivity contribution in [3.05, 3.63) is 35.8 Å². The molecule has 0 spiro atoms. The summed E-state index contributed by atoms with van der Waals surface area (Å²) in [5.41, 5.74) is -0.405. The van der Waals surface area contributed by atoms with Crippen LogP contribution >= 0.6 is 0 Å². The number of aromatic nitrogens is 1. The van der Waals surface area contributed by atoms with Crippen LogP contribution < -0.4 is 5.32 Å². The van der Waals surface area contributed by atoms with E-state index in [1.807, 2.05) is 0 Å². The van der Waals surface area contributed by atoms with Crippen molar-refractivity contribution in [3.8, 4) is 0 Å². The summed E-state index contributed by atoms with van der Waals surface area (Å²) in [6.45, 7) is 1.62. The first-order valence-electron chi connectivity index (χ1n) is 6.65. The van der Waals surface area contributed by atoms with Crippen molar-refractivity contribution in [3.63, 3.8) is 0 Å². The van der Waals surface area contributed by atoms with E-state index in [0.717, 1.165) is 0 Å². The molecule has 1 unspecified atom stereocenters. The van der Waals surface area contributed by atoms with E-state index in [4.69, 9.17) is 9.84 Å². The van der Waals surface area contributed by atoms with E-state index in [1.165, 1.54) is 25.3 Å². The fraction of sp³-hybridized carbons (Fsp3) is 0.333. The molecule has 2 aromatic rings. The predicted octanol–water partition coefficient (Wildman–Crippen LogP) is 1.92. The van der Waals surface area contributed by atoms with Crippen molar-refractivity contribution in [2.75, 3.05) is 13.7 Å². The van der Waals surface area contributed by atoms with E-state index >= 15 is 0 Å². The number of carbonyl (C=O) groups excluding carboxylic acids is 1. The summed E-state index contributed by atoms with van der Waals surface area (Å²) in [7, 11) is 1.42. The van der Waals surface area contributed by atoms with Gasteiger partial charge in [0.2, 0.25) is 0 Å². The number of ether oxygens (including phenoxy) is 1. The number of carboxylic acid groups (broad SMARTS) is 1. The Morgan fingerprint density at radius 3 is 2.77 bits per heavy atom. The van der Waals surface area contributed by atoms with E-state index in [1.54, 1.807) is 13.0 Å². The summed E-state index contributed by atoms with van der Waals surface area (Å²) in [5.74, 6) is -2.00. The molecule has 118 valence electrons. The van der Waals surface area contributed by atoms with Gasteiger partial charge in [-0.2, -0.15) is 0 Å². The van der Waals surface area contributed by atoms with Crippen molar-refractivity contribution >= 4 is 22.8 Å². The van der Waals surface area contributed by atoms with Crippen LogP contribution in [0.5, 0.6) is 0 Å². The Morgan fingerprint density at radius 2 is 2.18 bits per heavy atom. The number of hydrogen-bond donors (Lipinski definition) is 3. The van der Waals surface area contributed by atoms with E-state index in [-0.39, 0.29) is 18.7 Å². The van der Waals surface area contributed by atoms with Gasteiger partial charge in [-0.05, 0) is 25.1 Å². The maximum absolute atomic E-state index is 13.6. The minimum absolute atomic E-state index is 0.0413. The molecule has 0 aliphatic rings. The normalized spacial score (nSPS) is 13.8. The van der Waals surface area contributed by atoms with Gasteiger partial charge in [0.25, 0.3) is 5.91 Å². The topological polar surface area (TPSA) is 91.4 Å². The molecule has 7 heteroatoms. The van der Waals surface area contributed by atoms with Crippen LogP contribution in [0.4, 0.5) is 4.39 Å². The molecular weight excluding hydrogens is 291 g/mol. The molecule has 0 aliphatic carbocycles. The molecule has 3 N–H and O–H groups in total. The molecule has 0 fully saturated rings. The Bertz CT molecular complexity index is 713. The van der Waals surface area contributed by atoms with Crippen LogP contribution in [0.25, 0.3) is 10.9 Å². The first-order valence-corrected chi connectivity index (χ1v) is 6.65. The Balaban J connectivity index is 2.25. The van der Waals surface area contributed by atoms with Crippen LogP contribution in [0, 0.1) is 5.82 Å². The predicted molar refractivity (Wildman–Crippen MR) is 78.3 cm³/mol. The lowest BCUT2D eigenvalue weighted by molar-refractivity contribution is -0.139. The van der Waals surface area contributed by atoms with Crippen LogP contribution in [-0.4, -0.2) is 41.2 Å². The van der Waals surface area contributed by atoms with Gasteiger partial charge in [0.05, 0.1) is 18.6 Å². The number of methoxy groups -OCH3 is 1. The average Bonchev–Trinajstić information content (AvgIpc) is 2.83. The van der Waals surface area contributed by atoms with E-state index in [9.17, 15) is 14.0 Å². The third kappa shape index (κ3) is 3.43. The second-order valence-electron chi connectivity index (χ2n) is 5.40. The van der Waals surface area contributed by atoms with Gasteiger partial charge in [0, 0.05) is 18.0 Å². The van der Waals surface area contributed by atoms with Crippen LogP contribution in [0.15, 0.2) is 24.3 Å². The first-order chi connectivity index (χ1) is 10.3. The summed E-state index contributed by atoms with van der Waals surface area (Å²) in [5, 5.41) is 11.9. The summed E-state index contributed by atoms with van der Waals surface area (Å²) < 4.78 is 18.6. The molecule has 0 saturated heterocycles. The van der Waals surface area contributed by atoms with Crippen molar-refractivity contribution in [2.24, 2.45) is 0 Å². The highest BCUT2D eigenvalue weighted by Gasteiger charge is 2.30. The van der Waals surface area contributed by atoms with E-state index in [2.05, 4.69) is 10.3 Å². The highest BCUT2D eigenvalue weighted by molar-refractivity contribution is 5.98. The maximum atomic E-state index is 13.6. The number of hydrogen-bond acceptors (Lipinski definition) is 3. The summed E-state index contributed by atoms with van der Waals surface area (Å²) in [6.07, 6.45) is -0.291. The Labute approximate surface area is 126 Å². The zero-order valence-corrected chi connectivity index (χ0v) is 12.3. The van der Waals surface area contributed by atoms with Crippen LogP contribution in [0.2, 0.25) is 0 Å². The number of benzene rings is 1. The van der Waals surface area contributed by atoms with Crippen molar-refractivity contribution in [1.29, 1.82) is 0 Å². The molecule has 1 atom stereocenters. The number of H-pyrrole nitrogens is 1. The lowest BCUT2D eigenvalue weighted by Gasteiger charge is -2.28. The van der Waals surface area contributed by atoms with Gasteiger partial charge in [-0.15, -0.1) is 0 Å². The second-order valence-corrected chi connectivity index (χ2v) is 5.40. The van der Waals surface area contributed by atoms with Gasteiger partial charge >= 0.3 is 5.97 Å². The molecule has 1 aromatic carbocycles. The fourth-order valence-corrected chi connectivity index (χ4v) is 2.37. The lowest BCUT2D eigenvalue weighted by atomic mass is 9.98. The van der Waals surface area contributed by atoms with E-state index in [0.29, 0.717) is 10.9 Å². The largest absolute Gasteiger partial charge is 0.481 e. The number of aliphatic carboxylic acids is 1. The van der Waals surface area contributed by atoms with E-state index < -0.39 is 23.2 Å². The number of amides is 1. The van der Waals surface area contributed by atoms with Gasteiger partial charge in [0.15, 0.2) is 0 Å². The van der Waals surface area contributed by atoms with Crippen molar-refractivity contribution < 1.29 is 23.8 Å². The Kier molecular flexibility index (Phi) is 4.46. The maximum Gasteiger partial charge on any atom is 0.305 e. The minimum atomic E-state index is -1.06. The highest BCUT2D eigenvalue weighted by atomic mass is 19.1. The number of rotatable bonds is 6. The smallest absolute Gasteiger partial charge is 0.305 e. The van der Waals surface area contributed by atoms with Crippen LogP contribution in [0.1, 0.15) is 23.8 Å². The third-order valence-corrected chi connectivity index (χ3v) is 3.28. The zero-order chi connectivity index (χ0) is 16.3.